The van der Waals surface area contributed by atoms with Crippen LogP contribution in [0.4, 0.5) is 10.5 Å². The molecule has 2 amide bonds. The number of aromatic nitrogens is 2. The van der Waals surface area contributed by atoms with Gasteiger partial charge in [0.1, 0.15) is 11.1 Å². The molecule has 2 aromatic rings. The third-order valence-electron chi connectivity index (χ3n) is 5.67. The number of nitrogens with zero attached hydrogens (tertiary/aromatic N) is 3. The highest BCUT2D eigenvalue weighted by Crippen LogP contribution is 2.26. The summed E-state index contributed by atoms with van der Waals surface area (Å²) in [7, 11) is 0. The first-order chi connectivity index (χ1) is 15.0. The molecule has 3 heterocycles. The van der Waals surface area contributed by atoms with Gasteiger partial charge in [0.15, 0.2) is 0 Å². The lowest BCUT2D eigenvalue weighted by Crippen LogP contribution is -2.35. The molecule has 0 unspecified atom stereocenters. The zero-order valence-electron chi connectivity index (χ0n) is 16.9. The van der Waals surface area contributed by atoms with Crippen LogP contribution in [0.15, 0.2) is 41.3 Å². The lowest BCUT2D eigenvalue weighted by Gasteiger charge is -2.19. The molecule has 0 spiro atoms. The van der Waals surface area contributed by atoms with Crippen LogP contribution in [0.2, 0.25) is 5.02 Å². The molecule has 2 saturated heterocycles. The first-order valence-corrected chi connectivity index (χ1v) is 10.7. The molecule has 0 radical (unpaired) electrons. The van der Waals surface area contributed by atoms with Crippen molar-refractivity contribution in [3.63, 3.8) is 0 Å². The first-order valence-electron chi connectivity index (χ1n) is 10.3. The van der Waals surface area contributed by atoms with Crippen LogP contribution >= 0.6 is 11.6 Å². The summed E-state index contributed by atoms with van der Waals surface area (Å²) in [4.78, 5) is 40.1. The summed E-state index contributed by atoms with van der Waals surface area (Å²) in [5.74, 6) is 0.214. The van der Waals surface area contributed by atoms with E-state index in [0.717, 1.165) is 6.42 Å². The van der Waals surface area contributed by atoms with Gasteiger partial charge in [0.05, 0.1) is 18.4 Å². The van der Waals surface area contributed by atoms with Crippen molar-refractivity contribution in [3.8, 4) is 0 Å². The van der Waals surface area contributed by atoms with Gasteiger partial charge >= 0.3 is 6.09 Å². The van der Waals surface area contributed by atoms with E-state index in [1.807, 2.05) is 40.1 Å². The Kier molecular flexibility index (Phi) is 6.41. The average molecular weight is 446 g/mol. The van der Waals surface area contributed by atoms with Crippen molar-refractivity contribution < 1.29 is 14.3 Å². The van der Waals surface area contributed by atoms with E-state index in [2.05, 4.69) is 15.5 Å². The van der Waals surface area contributed by atoms with Gasteiger partial charge in [-0.2, -0.15) is 5.10 Å². The molecule has 1 aromatic carbocycles. The van der Waals surface area contributed by atoms with E-state index in [9.17, 15) is 14.4 Å². The Labute approximate surface area is 184 Å². The van der Waals surface area contributed by atoms with Crippen LogP contribution in [-0.2, 0) is 4.74 Å². The minimum absolute atomic E-state index is 0.0182. The minimum Gasteiger partial charge on any atom is -0.444 e. The Morgan fingerprint density at radius 1 is 1.19 bits per heavy atom. The zero-order chi connectivity index (χ0) is 21.8. The van der Waals surface area contributed by atoms with Crippen LogP contribution in [0.25, 0.3) is 0 Å². The SMILES string of the molecule is O=C(NC[C@@H]1CCN(C(=O)c2ccccc2)C1)O[C@@H]1CCN(c2cn[nH]c(=O)c2Cl)C1. The summed E-state index contributed by atoms with van der Waals surface area (Å²) < 4.78 is 5.51. The van der Waals surface area contributed by atoms with Gasteiger partial charge in [-0.05, 0) is 24.5 Å². The van der Waals surface area contributed by atoms with Crippen molar-refractivity contribution in [2.45, 2.75) is 18.9 Å². The maximum absolute atomic E-state index is 12.5. The average Bonchev–Trinajstić information content (AvgIpc) is 3.44. The molecule has 0 saturated carbocycles. The second kappa shape index (κ2) is 9.38. The molecule has 9 nitrogen and oxygen atoms in total. The van der Waals surface area contributed by atoms with Crippen molar-refractivity contribution >= 4 is 29.3 Å². The third kappa shape index (κ3) is 4.99. The first kappa shape index (κ1) is 21.2. The van der Waals surface area contributed by atoms with Crippen molar-refractivity contribution in [2.24, 2.45) is 5.92 Å². The zero-order valence-corrected chi connectivity index (χ0v) is 17.7. The lowest BCUT2D eigenvalue weighted by molar-refractivity contribution is 0.0787. The number of rotatable bonds is 5. The number of likely N-dealkylation sites (tertiary alicyclic amines) is 1. The van der Waals surface area contributed by atoms with Gasteiger partial charge in [0.2, 0.25) is 0 Å². The Hall–Kier alpha value is -3.07. The van der Waals surface area contributed by atoms with Crippen molar-refractivity contribution in [3.05, 3.63) is 57.5 Å². The molecule has 0 bridgehead atoms. The second-order valence-corrected chi connectivity index (χ2v) is 8.19. The number of nitrogens with one attached hydrogen (secondary N) is 2. The van der Waals surface area contributed by atoms with Crippen LogP contribution in [0.1, 0.15) is 23.2 Å². The van der Waals surface area contributed by atoms with Gasteiger partial charge in [0.25, 0.3) is 11.5 Å². The number of carbonyl (C=O) groups is 2. The number of ether oxygens (including phenoxy) is 1. The summed E-state index contributed by atoms with van der Waals surface area (Å²) >= 11 is 6.05. The van der Waals surface area contributed by atoms with E-state index in [1.165, 1.54) is 6.20 Å². The number of carbonyl (C=O) groups excluding carboxylic acids is 2. The Bertz CT molecular complexity index is 999. The quantitative estimate of drug-likeness (QED) is 0.727. The lowest BCUT2D eigenvalue weighted by atomic mass is 10.1. The highest BCUT2D eigenvalue weighted by atomic mass is 35.5. The second-order valence-electron chi connectivity index (χ2n) is 7.81. The molecule has 2 atom stereocenters. The maximum atomic E-state index is 12.5. The molecule has 2 aliphatic rings. The molecule has 1 aromatic heterocycles. The van der Waals surface area contributed by atoms with Gasteiger partial charge in [-0.3, -0.25) is 9.59 Å². The Morgan fingerprint density at radius 3 is 2.81 bits per heavy atom. The third-order valence-corrected chi connectivity index (χ3v) is 6.03. The van der Waals surface area contributed by atoms with Crippen LogP contribution in [0.5, 0.6) is 0 Å². The number of hydrogen-bond acceptors (Lipinski definition) is 6. The molecule has 0 aliphatic carbocycles. The number of aromatic amines is 1. The standard InChI is InChI=1S/C21H24ClN5O4/c22-18-17(11-24-25-19(18)28)26-9-7-16(13-26)31-21(30)23-10-14-6-8-27(12-14)20(29)15-4-2-1-3-5-15/h1-5,11,14,16H,6-10,12-13H2,(H,23,30)(H,25,28)/t14-,16+/m0/s1. The van der Waals surface area contributed by atoms with E-state index >= 15 is 0 Å². The van der Waals surface area contributed by atoms with Gasteiger partial charge in [-0.15, -0.1) is 0 Å². The molecule has 2 aliphatic heterocycles. The van der Waals surface area contributed by atoms with E-state index in [-0.39, 0.29) is 23.0 Å². The smallest absolute Gasteiger partial charge is 0.407 e. The molecule has 31 heavy (non-hydrogen) atoms. The number of hydrogen-bond donors (Lipinski definition) is 2. The number of anilines is 1. The van der Waals surface area contributed by atoms with Crippen molar-refractivity contribution in [1.82, 2.24) is 20.4 Å². The summed E-state index contributed by atoms with van der Waals surface area (Å²) in [6.45, 7) is 2.80. The van der Waals surface area contributed by atoms with Crippen molar-refractivity contribution in [2.75, 3.05) is 37.6 Å². The molecule has 2 N–H and O–H groups in total. The van der Waals surface area contributed by atoms with E-state index in [0.29, 0.717) is 50.4 Å². The monoisotopic (exact) mass is 445 g/mol. The summed E-state index contributed by atoms with van der Waals surface area (Å²) in [6.07, 6.45) is 2.20. The van der Waals surface area contributed by atoms with Crippen LogP contribution < -0.4 is 15.8 Å². The highest BCUT2D eigenvalue weighted by molar-refractivity contribution is 6.33. The van der Waals surface area contributed by atoms with E-state index in [4.69, 9.17) is 16.3 Å². The van der Waals surface area contributed by atoms with Crippen LogP contribution in [0, 0.1) is 5.92 Å². The number of benzene rings is 1. The molecular weight excluding hydrogens is 422 g/mol. The number of amides is 2. The fourth-order valence-electron chi connectivity index (χ4n) is 4.01. The number of halogens is 1. The normalized spacial score (nSPS) is 20.7. The van der Waals surface area contributed by atoms with Gasteiger partial charge in [-0.25, -0.2) is 9.89 Å². The molecule has 2 fully saturated rings. The Morgan fingerprint density at radius 2 is 2.00 bits per heavy atom. The topological polar surface area (TPSA) is 108 Å². The predicted molar refractivity (Wildman–Crippen MR) is 115 cm³/mol. The van der Waals surface area contributed by atoms with Crippen LogP contribution in [-0.4, -0.2) is 65.9 Å². The van der Waals surface area contributed by atoms with Crippen molar-refractivity contribution in [1.29, 1.82) is 0 Å². The summed E-state index contributed by atoms with van der Waals surface area (Å²) in [5, 5.41) is 8.96. The highest BCUT2D eigenvalue weighted by Gasteiger charge is 2.30. The summed E-state index contributed by atoms with van der Waals surface area (Å²) in [5.41, 5.74) is 0.765. The van der Waals surface area contributed by atoms with Gasteiger partial charge < -0.3 is 19.9 Å². The number of H-pyrrole nitrogens is 1. The van der Waals surface area contributed by atoms with Gasteiger partial charge in [-0.1, -0.05) is 29.8 Å². The largest absolute Gasteiger partial charge is 0.444 e. The fourth-order valence-corrected chi connectivity index (χ4v) is 4.22. The fraction of sp³-hybridized carbons (Fsp3) is 0.429. The molecule has 164 valence electrons. The van der Waals surface area contributed by atoms with E-state index in [1.54, 1.807) is 0 Å². The molecule has 10 heteroatoms. The minimum atomic E-state index is -0.477. The van der Waals surface area contributed by atoms with Gasteiger partial charge in [0, 0.05) is 38.2 Å². The predicted octanol–water partition coefficient (Wildman–Crippen LogP) is 1.89. The van der Waals surface area contributed by atoms with Crippen LogP contribution in [0.3, 0.4) is 0 Å². The number of alkyl carbamates (subject to hydrolysis) is 1. The molecular formula is C21H24ClN5O4. The Balaban J connectivity index is 1.21. The maximum Gasteiger partial charge on any atom is 0.407 e. The summed E-state index contributed by atoms with van der Waals surface area (Å²) in [6, 6.07) is 9.20. The van der Waals surface area contributed by atoms with E-state index < -0.39 is 11.7 Å². The molecule has 4 rings (SSSR count).